The Balaban J connectivity index is 2.13. The number of hydrogen-bond donors (Lipinski definition) is 2. The van der Waals surface area contributed by atoms with Gasteiger partial charge in [-0.05, 0) is 25.0 Å². The fourth-order valence-corrected chi connectivity index (χ4v) is 2.74. The Hall–Kier alpha value is -1.26. The lowest BCUT2D eigenvalue weighted by atomic mass is 10.0. The summed E-state index contributed by atoms with van der Waals surface area (Å²) in [6.45, 7) is 0. The van der Waals surface area contributed by atoms with Crippen LogP contribution in [0.3, 0.4) is 0 Å². The Morgan fingerprint density at radius 1 is 1.26 bits per heavy atom. The van der Waals surface area contributed by atoms with Crippen LogP contribution in [0.5, 0.6) is 0 Å². The van der Waals surface area contributed by atoms with Crippen molar-refractivity contribution in [1.29, 1.82) is 0 Å². The molecule has 4 nitrogen and oxygen atoms in total. The monoisotopic (exact) mass is 301 g/mol. The third-order valence-electron chi connectivity index (χ3n) is 3.35. The van der Waals surface area contributed by atoms with Crippen LogP contribution in [-0.2, 0) is 4.79 Å². The summed E-state index contributed by atoms with van der Waals surface area (Å²) < 4.78 is 0. The third-order valence-corrected chi connectivity index (χ3v) is 4.16. The smallest absolute Gasteiger partial charge is 0.308 e. The van der Waals surface area contributed by atoms with Gasteiger partial charge in [-0.3, -0.25) is 9.59 Å². The van der Waals surface area contributed by atoms with E-state index in [9.17, 15) is 9.59 Å². The number of carboxylic acid groups (broad SMARTS) is 1. The average Bonchev–Trinajstić information content (AvgIpc) is 2.80. The number of carbonyl (C=O) groups excluding carboxylic acids is 1. The van der Waals surface area contributed by atoms with Gasteiger partial charge in [0, 0.05) is 6.04 Å². The number of hydrogen-bond acceptors (Lipinski definition) is 2. The molecule has 2 N–H and O–H groups in total. The molecule has 0 aromatic heterocycles. The molecule has 1 amide bonds. The highest BCUT2D eigenvalue weighted by atomic mass is 35.5. The molecular formula is C13H13Cl2NO3. The van der Waals surface area contributed by atoms with Gasteiger partial charge in [0.05, 0.1) is 21.5 Å². The summed E-state index contributed by atoms with van der Waals surface area (Å²) in [6.07, 6.45) is 2.05. The fourth-order valence-electron chi connectivity index (χ4n) is 2.35. The number of aliphatic carboxylic acids is 1. The van der Waals surface area contributed by atoms with Crippen molar-refractivity contribution < 1.29 is 14.7 Å². The maximum Gasteiger partial charge on any atom is 0.308 e. The van der Waals surface area contributed by atoms with Crippen molar-refractivity contribution in [2.45, 2.75) is 25.3 Å². The number of carbonyl (C=O) groups is 2. The van der Waals surface area contributed by atoms with Gasteiger partial charge < -0.3 is 10.4 Å². The minimum atomic E-state index is -0.875. The standard InChI is InChI=1S/C13H13Cl2NO3/c14-9-5-1-4-8(11(9)15)12(17)16-10-6-2-3-7(10)13(18)19/h1,4-5,7,10H,2-3,6H2,(H,16,17)(H,18,19). The summed E-state index contributed by atoms with van der Waals surface area (Å²) >= 11 is 11.8. The molecule has 1 fully saturated rings. The van der Waals surface area contributed by atoms with Gasteiger partial charge in [-0.2, -0.15) is 0 Å². The van der Waals surface area contributed by atoms with Crippen LogP contribution in [0.15, 0.2) is 18.2 Å². The van der Waals surface area contributed by atoms with E-state index in [2.05, 4.69) is 5.32 Å². The van der Waals surface area contributed by atoms with Crippen molar-refractivity contribution in [1.82, 2.24) is 5.32 Å². The second-order valence-corrected chi connectivity index (χ2v) is 5.34. The van der Waals surface area contributed by atoms with Crippen LogP contribution >= 0.6 is 23.2 Å². The Morgan fingerprint density at radius 3 is 2.68 bits per heavy atom. The second kappa shape index (κ2) is 5.80. The number of benzene rings is 1. The minimum Gasteiger partial charge on any atom is -0.481 e. The van der Waals surface area contributed by atoms with E-state index in [1.165, 1.54) is 0 Å². The van der Waals surface area contributed by atoms with Crippen LogP contribution in [0.2, 0.25) is 10.0 Å². The Morgan fingerprint density at radius 2 is 2.00 bits per heavy atom. The van der Waals surface area contributed by atoms with Gasteiger partial charge in [0.2, 0.25) is 0 Å². The number of carboxylic acids is 1. The van der Waals surface area contributed by atoms with Gasteiger partial charge in [-0.1, -0.05) is 35.7 Å². The number of rotatable bonds is 3. The van der Waals surface area contributed by atoms with Gasteiger partial charge in [0.25, 0.3) is 5.91 Å². The summed E-state index contributed by atoms with van der Waals surface area (Å²) in [6, 6.07) is 4.44. The molecule has 1 aliphatic carbocycles. The highest BCUT2D eigenvalue weighted by molar-refractivity contribution is 6.43. The average molecular weight is 302 g/mol. The zero-order chi connectivity index (χ0) is 14.0. The topological polar surface area (TPSA) is 66.4 Å². The highest BCUT2D eigenvalue weighted by Crippen LogP contribution is 2.28. The molecule has 0 saturated heterocycles. The molecule has 0 radical (unpaired) electrons. The Labute approximate surface area is 120 Å². The molecule has 0 bridgehead atoms. The third kappa shape index (κ3) is 3.01. The van der Waals surface area contributed by atoms with E-state index < -0.39 is 11.9 Å². The first kappa shape index (κ1) is 14.2. The van der Waals surface area contributed by atoms with Crippen molar-refractivity contribution in [3.05, 3.63) is 33.8 Å². The Kier molecular flexibility index (Phi) is 4.32. The van der Waals surface area contributed by atoms with Crippen LogP contribution in [-0.4, -0.2) is 23.0 Å². The SMILES string of the molecule is O=C(NC1CCCC1C(=O)O)c1cccc(Cl)c1Cl. The van der Waals surface area contributed by atoms with Crippen LogP contribution in [0.1, 0.15) is 29.6 Å². The summed E-state index contributed by atoms with van der Waals surface area (Å²) in [5.74, 6) is -1.78. The number of amides is 1. The van der Waals surface area contributed by atoms with Gasteiger partial charge >= 0.3 is 5.97 Å². The van der Waals surface area contributed by atoms with Gasteiger partial charge in [-0.25, -0.2) is 0 Å². The second-order valence-electron chi connectivity index (χ2n) is 4.56. The van der Waals surface area contributed by atoms with Crippen molar-refractivity contribution in [3.63, 3.8) is 0 Å². The van der Waals surface area contributed by atoms with E-state index >= 15 is 0 Å². The molecule has 1 aliphatic rings. The quantitative estimate of drug-likeness (QED) is 0.902. The van der Waals surface area contributed by atoms with E-state index in [4.69, 9.17) is 28.3 Å². The molecule has 1 aromatic rings. The Bertz CT molecular complexity index is 519. The number of halogens is 2. The van der Waals surface area contributed by atoms with Crippen LogP contribution in [0.4, 0.5) is 0 Å². The maximum absolute atomic E-state index is 12.1. The first-order valence-electron chi connectivity index (χ1n) is 5.98. The summed E-state index contributed by atoms with van der Waals surface area (Å²) in [4.78, 5) is 23.1. The van der Waals surface area contributed by atoms with Crippen molar-refractivity contribution in [2.75, 3.05) is 0 Å². The van der Waals surface area contributed by atoms with Gasteiger partial charge in [0.1, 0.15) is 0 Å². The molecule has 0 spiro atoms. The number of nitrogens with one attached hydrogen (secondary N) is 1. The lowest BCUT2D eigenvalue weighted by Gasteiger charge is -2.18. The van der Waals surface area contributed by atoms with Gasteiger partial charge in [-0.15, -0.1) is 0 Å². The highest BCUT2D eigenvalue weighted by Gasteiger charge is 2.34. The van der Waals surface area contributed by atoms with E-state index in [-0.39, 0.29) is 22.5 Å². The molecule has 19 heavy (non-hydrogen) atoms. The van der Waals surface area contributed by atoms with Crippen LogP contribution < -0.4 is 5.32 Å². The lowest BCUT2D eigenvalue weighted by molar-refractivity contribution is -0.142. The molecule has 0 aliphatic heterocycles. The van der Waals surface area contributed by atoms with E-state index in [1.54, 1.807) is 18.2 Å². The minimum absolute atomic E-state index is 0.187. The molecule has 2 atom stereocenters. The molecule has 1 saturated carbocycles. The molecule has 6 heteroatoms. The van der Waals surface area contributed by atoms with Crippen LogP contribution in [0.25, 0.3) is 0 Å². The predicted octanol–water partition coefficient (Wildman–Crippen LogP) is 2.98. The predicted molar refractivity (Wildman–Crippen MR) is 72.7 cm³/mol. The zero-order valence-corrected chi connectivity index (χ0v) is 11.5. The van der Waals surface area contributed by atoms with Gasteiger partial charge in [0.15, 0.2) is 0 Å². The van der Waals surface area contributed by atoms with E-state index in [0.717, 1.165) is 6.42 Å². The molecular weight excluding hydrogens is 289 g/mol. The first-order valence-corrected chi connectivity index (χ1v) is 6.74. The van der Waals surface area contributed by atoms with E-state index in [0.29, 0.717) is 17.9 Å². The first-order chi connectivity index (χ1) is 9.00. The molecule has 2 unspecified atom stereocenters. The summed E-state index contributed by atoms with van der Waals surface area (Å²) in [5.41, 5.74) is 0.269. The normalized spacial score (nSPS) is 22.2. The van der Waals surface area contributed by atoms with Crippen molar-refractivity contribution >= 4 is 35.1 Å². The maximum atomic E-state index is 12.1. The molecule has 2 rings (SSSR count). The van der Waals surface area contributed by atoms with E-state index in [1.807, 2.05) is 0 Å². The molecule has 1 aromatic carbocycles. The fraction of sp³-hybridized carbons (Fsp3) is 0.385. The van der Waals surface area contributed by atoms with Crippen molar-refractivity contribution in [2.24, 2.45) is 5.92 Å². The molecule has 0 heterocycles. The lowest BCUT2D eigenvalue weighted by Crippen LogP contribution is -2.40. The zero-order valence-electron chi connectivity index (χ0n) is 10.0. The van der Waals surface area contributed by atoms with Crippen LogP contribution in [0, 0.1) is 5.92 Å². The summed E-state index contributed by atoms with van der Waals surface area (Å²) in [7, 11) is 0. The summed E-state index contributed by atoms with van der Waals surface area (Å²) in [5, 5.41) is 12.3. The van der Waals surface area contributed by atoms with Crippen molar-refractivity contribution in [3.8, 4) is 0 Å². The largest absolute Gasteiger partial charge is 0.481 e. The molecule has 102 valence electrons.